The molecule has 0 aromatic carbocycles. The van der Waals surface area contributed by atoms with Crippen LogP contribution in [0.1, 0.15) is 54.8 Å². The minimum atomic E-state index is -0.567. The molecule has 1 atom stereocenters. The predicted octanol–water partition coefficient (Wildman–Crippen LogP) is 1.54. The van der Waals surface area contributed by atoms with Crippen LogP contribution in [0.2, 0.25) is 0 Å². The fourth-order valence-corrected chi connectivity index (χ4v) is 5.40. The van der Waals surface area contributed by atoms with Gasteiger partial charge in [0.1, 0.15) is 5.82 Å². The normalized spacial score (nSPS) is 20.9. The van der Waals surface area contributed by atoms with Crippen LogP contribution in [0.3, 0.4) is 0 Å². The summed E-state index contributed by atoms with van der Waals surface area (Å²) >= 11 is 1.53. The smallest absolute Gasteiger partial charge is 0.298 e. The summed E-state index contributed by atoms with van der Waals surface area (Å²) in [4.78, 5) is 32.3. The van der Waals surface area contributed by atoms with E-state index in [0.717, 1.165) is 49.0 Å². The molecule has 5 rings (SSSR count). The Kier molecular flexibility index (Phi) is 4.93. The Balaban J connectivity index is 1.41. The molecule has 10 heteroatoms. The van der Waals surface area contributed by atoms with Gasteiger partial charge < -0.3 is 0 Å². The quantitative estimate of drug-likeness (QED) is 0.558. The van der Waals surface area contributed by atoms with E-state index in [0.29, 0.717) is 12.6 Å². The van der Waals surface area contributed by atoms with E-state index >= 15 is 0 Å². The van der Waals surface area contributed by atoms with Gasteiger partial charge in [0.15, 0.2) is 0 Å². The molecule has 0 radical (unpaired) electrons. The molecule has 0 N–H and O–H groups in total. The van der Waals surface area contributed by atoms with Gasteiger partial charge in [-0.3, -0.25) is 23.7 Å². The third kappa shape index (κ3) is 3.57. The lowest BCUT2D eigenvalue weighted by Crippen LogP contribution is -2.45. The Morgan fingerprint density at radius 1 is 1.16 bits per heavy atom. The Labute approximate surface area is 184 Å². The lowest BCUT2D eigenvalue weighted by atomic mass is 9.85. The Bertz CT molecular complexity index is 1240. The van der Waals surface area contributed by atoms with E-state index in [4.69, 9.17) is 5.10 Å². The van der Waals surface area contributed by atoms with E-state index in [9.17, 15) is 9.59 Å². The van der Waals surface area contributed by atoms with Crippen molar-refractivity contribution >= 4 is 11.3 Å². The average Bonchev–Trinajstić information content (AvgIpc) is 3.50. The summed E-state index contributed by atoms with van der Waals surface area (Å²) in [6.07, 6.45) is 5.82. The molecule has 0 saturated carbocycles. The van der Waals surface area contributed by atoms with Gasteiger partial charge in [0.2, 0.25) is 0 Å². The van der Waals surface area contributed by atoms with Gasteiger partial charge in [-0.25, -0.2) is 9.67 Å². The van der Waals surface area contributed by atoms with E-state index in [-0.39, 0.29) is 12.0 Å². The zero-order chi connectivity index (χ0) is 21.8. The summed E-state index contributed by atoms with van der Waals surface area (Å²) in [5.74, 6) is 0.754. The van der Waals surface area contributed by atoms with E-state index in [1.54, 1.807) is 4.57 Å². The fourth-order valence-electron chi connectivity index (χ4n) is 4.79. The second kappa shape index (κ2) is 7.52. The van der Waals surface area contributed by atoms with E-state index in [2.05, 4.69) is 35.0 Å². The van der Waals surface area contributed by atoms with E-state index in [1.807, 2.05) is 23.2 Å². The molecule has 3 aromatic heterocycles. The van der Waals surface area contributed by atoms with Gasteiger partial charge in [-0.15, -0.1) is 11.3 Å². The molecule has 0 unspecified atom stereocenters. The molecule has 0 aliphatic carbocycles. The lowest BCUT2D eigenvalue weighted by molar-refractivity contribution is 0.297. The number of aryl methyl sites for hydroxylation is 1. The van der Waals surface area contributed by atoms with Crippen molar-refractivity contribution < 1.29 is 0 Å². The van der Waals surface area contributed by atoms with Crippen LogP contribution in [0, 0.1) is 6.92 Å². The maximum absolute atomic E-state index is 12.8. The molecule has 1 spiro atoms. The van der Waals surface area contributed by atoms with Crippen molar-refractivity contribution in [3.8, 4) is 0 Å². The molecule has 5 heterocycles. The number of rotatable bonds is 5. The highest BCUT2D eigenvalue weighted by Gasteiger charge is 2.47. The summed E-state index contributed by atoms with van der Waals surface area (Å²) in [5, 5.41) is 12.0. The summed E-state index contributed by atoms with van der Waals surface area (Å²) in [5.41, 5.74) is 0.746. The van der Waals surface area contributed by atoms with Crippen molar-refractivity contribution in [2.45, 2.75) is 64.7 Å². The largest absolute Gasteiger partial charge is 0.332 e. The summed E-state index contributed by atoms with van der Waals surface area (Å²) < 4.78 is 4.89. The number of hydrogen-bond donors (Lipinski definition) is 0. The second-order valence-corrected chi connectivity index (χ2v) is 10.1. The number of nitrogens with zero attached hydrogens (tertiary/aromatic N) is 7. The van der Waals surface area contributed by atoms with Crippen molar-refractivity contribution in [3.63, 3.8) is 0 Å². The molecular formula is C21H27N7O2S. The third-order valence-electron chi connectivity index (χ3n) is 6.42. The van der Waals surface area contributed by atoms with Crippen LogP contribution in [0.4, 0.5) is 0 Å². The van der Waals surface area contributed by atoms with Gasteiger partial charge >= 0.3 is 11.1 Å². The number of thiazole rings is 1. The summed E-state index contributed by atoms with van der Waals surface area (Å²) in [6, 6.07) is 0.342. The SMILES string of the molecule is Cc1nc(Cn2nc3n(c(=O)c2=O)CC[C@@]32CCN(Cc3cnn(C(C)C)c3)C2)cs1. The molecule has 1 fully saturated rings. The molecule has 0 bridgehead atoms. The van der Waals surface area contributed by atoms with Gasteiger partial charge in [0.05, 0.1) is 23.4 Å². The van der Waals surface area contributed by atoms with Crippen molar-refractivity contribution in [2.75, 3.05) is 13.1 Å². The zero-order valence-electron chi connectivity index (χ0n) is 18.1. The second-order valence-electron chi connectivity index (χ2n) is 9.01. The third-order valence-corrected chi connectivity index (χ3v) is 7.25. The van der Waals surface area contributed by atoms with Gasteiger partial charge in [-0.1, -0.05) is 0 Å². The minimum Gasteiger partial charge on any atom is -0.298 e. The first-order chi connectivity index (χ1) is 14.8. The summed E-state index contributed by atoms with van der Waals surface area (Å²) in [7, 11) is 0. The molecule has 2 aliphatic rings. The minimum absolute atomic E-state index is 0.180. The molecule has 2 aliphatic heterocycles. The maximum Gasteiger partial charge on any atom is 0.332 e. The Morgan fingerprint density at radius 2 is 1.97 bits per heavy atom. The zero-order valence-corrected chi connectivity index (χ0v) is 18.9. The first kappa shape index (κ1) is 20.3. The van der Waals surface area contributed by atoms with Crippen LogP contribution in [0.25, 0.3) is 0 Å². The van der Waals surface area contributed by atoms with Gasteiger partial charge in [0, 0.05) is 48.2 Å². The standard InChI is InChI=1S/C21H27N7O2S/c1-14(2)27-10-16(8-22-27)9-25-6-4-21(13-25)5-7-26-18(29)19(30)28(24-20(21)26)11-17-12-31-15(3)23-17/h8,10,12,14H,4-7,9,11,13H2,1-3H3/t21-/m1/s1. The molecule has 1 saturated heterocycles. The van der Waals surface area contributed by atoms with Crippen LogP contribution in [-0.2, 0) is 25.0 Å². The average molecular weight is 442 g/mol. The fraction of sp³-hybridized carbons (Fsp3) is 0.571. The van der Waals surface area contributed by atoms with Crippen LogP contribution in [-0.4, -0.2) is 47.1 Å². The topological polar surface area (TPSA) is 90.8 Å². The van der Waals surface area contributed by atoms with Crippen LogP contribution >= 0.6 is 11.3 Å². The highest BCUT2D eigenvalue weighted by Crippen LogP contribution is 2.40. The monoisotopic (exact) mass is 441 g/mol. The number of fused-ring (bicyclic) bond motifs is 2. The van der Waals surface area contributed by atoms with E-state index < -0.39 is 11.1 Å². The molecule has 31 heavy (non-hydrogen) atoms. The number of aromatic nitrogens is 6. The first-order valence-electron chi connectivity index (χ1n) is 10.7. The van der Waals surface area contributed by atoms with Gasteiger partial charge in [-0.05, 0) is 40.2 Å². The van der Waals surface area contributed by atoms with Crippen LogP contribution in [0.5, 0.6) is 0 Å². The van der Waals surface area contributed by atoms with E-state index in [1.165, 1.54) is 21.6 Å². The molecule has 3 aromatic rings. The molecule has 9 nitrogen and oxygen atoms in total. The number of likely N-dealkylation sites (tertiary alicyclic amines) is 1. The molecular weight excluding hydrogens is 414 g/mol. The Hall–Kier alpha value is -2.59. The van der Waals surface area contributed by atoms with Crippen molar-refractivity contribution in [3.05, 3.63) is 60.6 Å². The first-order valence-corrected chi connectivity index (χ1v) is 11.6. The highest BCUT2D eigenvalue weighted by molar-refractivity contribution is 7.09. The Morgan fingerprint density at radius 3 is 2.68 bits per heavy atom. The maximum atomic E-state index is 12.8. The van der Waals surface area contributed by atoms with Crippen molar-refractivity contribution in [2.24, 2.45) is 0 Å². The lowest BCUT2D eigenvalue weighted by Gasteiger charge is -2.23. The van der Waals surface area contributed by atoms with Crippen molar-refractivity contribution in [1.29, 1.82) is 0 Å². The molecule has 0 amide bonds. The highest BCUT2D eigenvalue weighted by atomic mass is 32.1. The number of hydrogen-bond acceptors (Lipinski definition) is 7. The van der Waals surface area contributed by atoms with Gasteiger partial charge in [-0.2, -0.15) is 10.2 Å². The van der Waals surface area contributed by atoms with Crippen LogP contribution < -0.4 is 11.1 Å². The van der Waals surface area contributed by atoms with Crippen molar-refractivity contribution in [1.82, 2.24) is 34.0 Å². The van der Waals surface area contributed by atoms with Crippen LogP contribution in [0.15, 0.2) is 27.4 Å². The molecule has 164 valence electrons. The summed E-state index contributed by atoms with van der Waals surface area (Å²) in [6.45, 7) is 9.56. The van der Waals surface area contributed by atoms with Gasteiger partial charge in [0.25, 0.3) is 0 Å². The predicted molar refractivity (Wildman–Crippen MR) is 118 cm³/mol.